The van der Waals surface area contributed by atoms with Gasteiger partial charge in [-0.2, -0.15) is 9.97 Å². The molecule has 0 bridgehead atoms. The van der Waals surface area contributed by atoms with Crippen LogP contribution in [0, 0.1) is 5.92 Å². The Bertz CT molecular complexity index is 1340. The number of hydrogen-bond acceptors (Lipinski definition) is 12. The number of fused-ring (bicyclic) bond motifs is 1. The van der Waals surface area contributed by atoms with E-state index < -0.39 is 66.9 Å². The Labute approximate surface area is 233 Å². The SMILES string of the molecule is Nc1nc(N)c2c(n1)NCC2CCNc1ccccc1C(=O)C(C[C@H](N)C(=O)O)C(=O)N[C@@H](CCC(=O)O)C(=O)O. The number of aliphatic carboxylic acids is 3. The summed E-state index contributed by atoms with van der Waals surface area (Å²) >= 11 is 0. The Kier molecular flexibility index (Phi) is 9.97. The summed E-state index contributed by atoms with van der Waals surface area (Å²) in [5.41, 5.74) is 18.5. The van der Waals surface area contributed by atoms with Crippen molar-refractivity contribution >= 4 is 52.9 Å². The summed E-state index contributed by atoms with van der Waals surface area (Å²) in [6.45, 7) is 0.906. The third-order valence-corrected chi connectivity index (χ3v) is 6.62. The number of carboxylic acid groups (broad SMARTS) is 3. The quantitative estimate of drug-likeness (QED) is 0.0976. The molecule has 1 aromatic heterocycles. The fraction of sp³-hybridized carbons (Fsp3) is 0.400. The number of rotatable bonds is 15. The average Bonchev–Trinajstić information content (AvgIpc) is 3.31. The first-order valence-electron chi connectivity index (χ1n) is 12.7. The van der Waals surface area contributed by atoms with Crippen LogP contribution in [0.1, 0.15) is 47.5 Å². The number of nitrogen functional groups attached to an aromatic ring is 2. The minimum Gasteiger partial charge on any atom is -0.481 e. The van der Waals surface area contributed by atoms with E-state index in [2.05, 4.69) is 25.9 Å². The minimum absolute atomic E-state index is 0.0493. The lowest BCUT2D eigenvalue weighted by Gasteiger charge is -2.22. The van der Waals surface area contributed by atoms with Crippen molar-refractivity contribution in [3.63, 3.8) is 0 Å². The summed E-state index contributed by atoms with van der Waals surface area (Å²) in [4.78, 5) is 68.7. The molecule has 4 atom stereocenters. The number of amides is 1. The molecule has 2 unspecified atom stereocenters. The van der Waals surface area contributed by atoms with Crippen LogP contribution in [0.15, 0.2) is 24.3 Å². The highest BCUT2D eigenvalue weighted by molar-refractivity contribution is 6.13. The molecule has 1 amide bonds. The molecule has 0 saturated carbocycles. The van der Waals surface area contributed by atoms with Crippen molar-refractivity contribution in [3.8, 4) is 0 Å². The fourth-order valence-electron chi connectivity index (χ4n) is 4.52. The number of carbonyl (C=O) groups is 5. The zero-order valence-electron chi connectivity index (χ0n) is 21.9. The van der Waals surface area contributed by atoms with E-state index in [9.17, 15) is 34.2 Å². The Balaban J connectivity index is 1.78. The number of nitrogens with two attached hydrogens (primary N) is 3. The van der Waals surface area contributed by atoms with Gasteiger partial charge in [0.1, 0.15) is 29.6 Å². The zero-order chi connectivity index (χ0) is 30.3. The summed E-state index contributed by atoms with van der Waals surface area (Å²) in [5.74, 6) is -6.94. The smallest absolute Gasteiger partial charge is 0.326 e. The molecule has 1 aromatic carbocycles. The molecule has 1 aliphatic rings. The fourth-order valence-corrected chi connectivity index (χ4v) is 4.52. The second kappa shape index (κ2) is 13.4. The number of benzene rings is 1. The second-order valence-corrected chi connectivity index (χ2v) is 9.50. The van der Waals surface area contributed by atoms with Gasteiger partial charge in [-0.15, -0.1) is 0 Å². The van der Waals surface area contributed by atoms with E-state index in [1.54, 1.807) is 18.2 Å². The number of nitrogens with one attached hydrogen (secondary N) is 3. The topological polar surface area (TPSA) is 286 Å². The Morgan fingerprint density at radius 2 is 1.76 bits per heavy atom. The number of aromatic nitrogens is 2. The molecule has 2 heterocycles. The Morgan fingerprint density at radius 1 is 1.05 bits per heavy atom. The van der Waals surface area contributed by atoms with Gasteiger partial charge in [-0.1, -0.05) is 12.1 Å². The van der Waals surface area contributed by atoms with Gasteiger partial charge in [-0.25, -0.2) is 4.79 Å². The maximum Gasteiger partial charge on any atom is 0.326 e. The van der Waals surface area contributed by atoms with E-state index in [-0.39, 0.29) is 23.2 Å². The molecule has 16 nitrogen and oxygen atoms in total. The van der Waals surface area contributed by atoms with Gasteiger partial charge in [0.05, 0.1) is 0 Å². The van der Waals surface area contributed by atoms with E-state index in [1.807, 2.05) is 0 Å². The summed E-state index contributed by atoms with van der Waals surface area (Å²) in [6, 6.07) is 3.04. The van der Waals surface area contributed by atoms with Gasteiger partial charge < -0.3 is 48.5 Å². The molecule has 0 radical (unpaired) electrons. The molecule has 1 aliphatic heterocycles. The lowest BCUT2D eigenvalue weighted by Crippen LogP contribution is -2.48. The lowest BCUT2D eigenvalue weighted by molar-refractivity contribution is -0.144. The van der Waals surface area contributed by atoms with Gasteiger partial charge in [0.2, 0.25) is 11.9 Å². The molecular formula is C25H32N8O8. The molecule has 3 rings (SSSR count). The number of carboxylic acids is 3. The standard InChI is InChI=1S/C25H32N8O8/c26-14(23(38)39)9-13(22(37)31-16(24(40)41)5-6-17(34)35)19(36)12-3-1-2-4-15(12)29-8-7-11-10-30-21-18(11)20(27)32-25(28)33-21/h1-4,11,13-14,16,29H,5-10,26H2,(H,31,37)(H,34,35)(H,38,39)(H,40,41)(H5,27,28,30,32,33)/t11?,13?,14-,16-/m0/s1. The highest BCUT2D eigenvalue weighted by atomic mass is 16.4. The van der Waals surface area contributed by atoms with Gasteiger partial charge in [-0.3, -0.25) is 19.2 Å². The number of carbonyl (C=O) groups excluding carboxylic acids is 2. The van der Waals surface area contributed by atoms with E-state index in [0.29, 0.717) is 31.0 Å². The number of ketones is 1. The molecule has 220 valence electrons. The van der Waals surface area contributed by atoms with Crippen LogP contribution in [0.2, 0.25) is 0 Å². The summed E-state index contributed by atoms with van der Waals surface area (Å²) in [6.07, 6.45) is -1.06. The van der Waals surface area contributed by atoms with Crippen LogP contribution in [0.4, 0.5) is 23.3 Å². The van der Waals surface area contributed by atoms with Crippen molar-refractivity contribution in [2.24, 2.45) is 11.7 Å². The number of hydrogen-bond donors (Lipinski definition) is 9. The molecular weight excluding hydrogens is 540 g/mol. The second-order valence-electron chi connectivity index (χ2n) is 9.50. The molecule has 16 heteroatoms. The highest BCUT2D eigenvalue weighted by Crippen LogP contribution is 2.36. The molecule has 41 heavy (non-hydrogen) atoms. The first-order valence-corrected chi connectivity index (χ1v) is 12.7. The van der Waals surface area contributed by atoms with Crippen molar-refractivity contribution in [1.29, 1.82) is 0 Å². The molecule has 0 aliphatic carbocycles. The largest absolute Gasteiger partial charge is 0.481 e. The molecule has 2 aromatic rings. The number of nitrogens with zero attached hydrogens (tertiary/aromatic N) is 2. The predicted octanol–water partition coefficient (Wildman–Crippen LogP) is -0.313. The van der Waals surface area contributed by atoms with Crippen molar-refractivity contribution in [2.75, 3.05) is 35.2 Å². The lowest BCUT2D eigenvalue weighted by atomic mass is 9.89. The maximum absolute atomic E-state index is 13.6. The van der Waals surface area contributed by atoms with Crippen LogP contribution in [0.25, 0.3) is 0 Å². The Hall–Kier alpha value is -4.99. The van der Waals surface area contributed by atoms with Crippen LogP contribution in [-0.4, -0.2) is 80.1 Å². The van der Waals surface area contributed by atoms with Crippen molar-refractivity contribution in [2.45, 2.75) is 43.7 Å². The summed E-state index contributed by atoms with van der Waals surface area (Å²) in [5, 5.41) is 36.0. The monoisotopic (exact) mass is 572 g/mol. The third-order valence-electron chi connectivity index (χ3n) is 6.62. The minimum atomic E-state index is -1.66. The van der Waals surface area contributed by atoms with Crippen molar-refractivity contribution in [3.05, 3.63) is 35.4 Å². The summed E-state index contributed by atoms with van der Waals surface area (Å²) < 4.78 is 0. The van der Waals surface area contributed by atoms with Gasteiger partial charge in [0.15, 0.2) is 5.78 Å². The predicted molar refractivity (Wildman–Crippen MR) is 146 cm³/mol. The van der Waals surface area contributed by atoms with Crippen LogP contribution >= 0.6 is 0 Å². The molecule has 12 N–H and O–H groups in total. The van der Waals surface area contributed by atoms with E-state index in [4.69, 9.17) is 22.3 Å². The zero-order valence-corrected chi connectivity index (χ0v) is 21.9. The van der Waals surface area contributed by atoms with Crippen molar-refractivity contribution < 1.29 is 39.3 Å². The first-order chi connectivity index (χ1) is 19.4. The maximum atomic E-state index is 13.6. The van der Waals surface area contributed by atoms with E-state index in [0.717, 1.165) is 5.56 Å². The van der Waals surface area contributed by atoms with Crippen LogP contribution < -0.4 is 33.2 Å². The first kappa shape index (κ1) is 30.6. The van der Waals surface area contributed by atoms with Gasteiger partial charge >= 0.3 is 17.9 Å². The third kappa shape index (κ3) is 7.78. The van der Waals surface area contributed by atoms with Crippen LogP contribution in [-0.2, 0) is 19.2 Å². The van der Waals surface area contributed by atoms with Crippen LogP contribution in [0.3, 0.4) is 0 Å². The molecule has 0 saturated heterocycles. The van der Waals surface area contributed by atoms with Crippen LogP contribution in [0.5, 0.6) is 0 Å². The number of para-hydroxylation sites is 1. The van der Waals surface area contributed by atoms with E-state index in [1.165, 1.54) is 6.07 Å². The Morgan fingerprint density at radius 3 is 2.41 bits per heavy atom. The van der Waals surface area contributed by atoms with Gasteiger partial charge in [0.25, 0.3) is 0 Å². The van der Waals surface area contributed by atoms with Gasteiger partial charge in [0, 0.05) is 42.2 Å². The molecule has 0 fully saturated rings. The van der Waals surface area contributed by atoms with Gasteiger partial charge in [-0.05, 0) is 31.4 Å². The number of Topliss-reactive ketones (excluding diaryl/α,β-unsaturated/α-hetero) is 1. The normalized spacial score (nSPS) is 16.0. The highest BCUT2D eigenvalue weighted by Gasteiger charge is 2.35. The molecule has 0 spiro atoms. The number of anilines is 4. The van der Waals surface area contributed by atoms with E-state index >= 15 is 0 Å². The van der Waals surface area contributed by atoms with Crippen molar-refractivity contribution in [1.82, 2.24) is 15.3 Å². The average molecular weight is 573 g/mol. The summed E-state index contributed by atoms with van der Waals surface area (Å²) in [7, 11) is 0.